The Morgan fingerprint density at radius 3 is 2.33 bits per heavy atom. The van der Waals surface area contributed by atoms with E-state index in [1.165, 1.54) is 0 Å². The van der Waals surface area contributed by atoms with Gasteiger partial charge in [0.05, 0.1) is 0 Å². The first-order valence-electron chi connectivity index (χ1n) is 4.58. The van der Waals surface area contributed by atoms with Crippen LogP contribution < -0.4 is 0 Å². The Bertz CT molecular complexity index is 390. The number of halogens is 1. The van der Waals surface area contributed by atoms with Crippen molar-refractivity contribution in [1.82, 2.24) is 9.91 Å². The Hall–Kier alpha value is -0.870. The van der Waals surface area contributed by atoms with E-state index < -0.39 is 0 Å². The highest BCUT2D eigenvalue weighted by Gasteiger charge is 2.26. The molecule has 0 N–H and O–H groups in total. The second kappa shape index (κ2) is 3.94. The van der Waals surface area contributed by atoms with Gasteiger partial charge in [0.2, 0.25) is 0 Å². The van der Waals surface area contributed by atoms with Gasteiger partial charge in [-0.1, -0.05) is 11.6 Å². The monoisotopic (exact) mass is 241 g/mol. The van der Waals surface area contributed by atoms with Gasteiger partial charge in [0.25, 0.3) is 0 Å². The molecule has 0 bridgehead atoms. The van der Waals surface area contributed by atoms with Crippen molar-refractivity contribution in [3.05, 3.63) is 34.9 Å². The first kappa shape index (κ1) is 10.6. The molecular formula is C10H12ClN3S. The van der Waals surface area contributed by atoms with Crippen molar-refractivity contribution in [1.29, 1.82) is 0 Å². The van der Waals surface area contributed by atoms with Crippen molar-refractivity contribution in [3.63, 3.8) is 0 Å². The van der Waals surface area contributed by atoms with Crippen molar-refractivity contribution < 1.29 is 0 Å². The standard InChI is InChI=1S/C10H12ClN3S/c1-13-9(12-14(2)10(13)15)7-3-5-8(11)6-4-7/h3-6,10,15H,1-2H3/t10-/m1/s1. The van der Waals surface area contributed by atoms with Gasteiger partial charge in [-0.2, -0.15) is 5.10 Å². The summed E-state index contributed by atoms with van der Waals surface area (Å²) in [4.78, 5) is 2.01. The first-order chi connectivity index (χ1) is 7.09. The van der Waals surface area contributed by atoms with Crippen molar-refractivity contribution in [2.45, 2.75) is 5.50 Å². The fourth-order valence-corrected chi connectivity index (χ4v) is 1.78. The van der Waals surface area contributed by atoms with Crippen LogP contribution in [0, 0.1) is 0 Å². The lowest BCUT2D eigenvalue weighted by Crippen LogP contribution is -2.33. The summed E-state index contributed by atoms with van der Waals surface area (Å²) in [6.45, 7) is 0. The molecule has 0 aliphatic carbocycles. The molecule has 3 nitrogen and oxygen atoms in total. The van der Waals surface area contributed by atoms with Crippen LogP contribution in [-0.4, -0.2) is 35.3 Å². The molecule has 5 heteroatoms. The first-order valence-corrected chi connectivity index (χ1v) is 5.47. The van der Waals surface area contributed by atoms with E-state index in [0.29, 0.717) is 0 Å². The van der Waals surface area contributed by atoms with E-state index in [9.17, 15) is 0 Å². The van der Waals surface area contributed by atoms with Gasteiger partial charge in [-0.25, -0.2) is 0 Å². The molecule has 0 spiro atoms. The Morgan fingerprint density at radius 2 is 1.87 bits per heavy atom. The molecule has 0 unspecified atom stereocenters. The molecule has 1 aromatic carbocycles. The van der Waals surface area contributed by atoms with Crippen LogP contribution >= 0.6 is 24.2 Å². The van der Waals surface area contributed by atoms with Gasteiger partial charge in [-0.3, -0.25) is 5.01 Å². The van der Waals surface area contributed by atoms with Crippen LogP contribution in [0.5, 0.6) is 0 Å². The number of thiol groups is 1. The minimum atomic E-state index is -0.00400. The van der Waals surface area contributed by atoms with Crippen LogP contribution in [-0.2, 0) is 0 Å². The zero-order valence-corrected chi connectivity index (χ0v) is 10.2. The van der Waals surface area contributed by atoms with Crippen LogP contribution in [0.3, 0.4) is 0 Å². The Morgan fingerprint density at radius 1 is 1.27 bits per heavy atom. The summed E-state index contributed by atoms with van der Waals surface area (Å²) >= 11 is 10.3. The largest absolute Gasteiger partial charge is 0.328 e. The number of hydrogen-bond acceptors (Lipinski definition) is 4. The van der Waals surface area contributed by atoms with Crippen molar-refractivity contribution in [3.8, 4) is 0 Å². The maximum absolute atomic E-state index is 5.83. The SMILES string of the molecule is CN1N=C(c2ccc(Cl)cc2)N(C)[C@H]1S. The quantitative estimate of drug-likeness (QED) is 0.760. The molecular weight excluding hydrogens is 230 g/mol. The lowest BCUT2D eigenvalue weighted by molar-refractivity contribution is 0.270. The molecule has 0 saturated carbocycles. The van der Waals surface area contributed by atoms with Gasteiger partial charge in [0.1, 0.15) is 0 Å². The fourth-order valence-electron chi connectivity index (χ4n) is 1.49. The maximum Gasteiger partial charge on any atom is 0.164 e. The molecule has 0 radical (unpaired) electrons. The van der Waals surface area contributed by atoms with Crippen molar-refractivity contribution >= 4 is 30.1 Å². The molecule has 0 saturated heterocycles. The van der Waals surface area contributed by atoms with Gasteiger partial charge in [-0.15, -0.1) is 12.6 Å². The predicted octanol–water partition coefficient (Wildman–Crippen LogP) is 2.09. The van der Waals surface area contributed by atoms with Gasteiger partial charge >= 0.3 is 0 Å². The summed E-state index contributed by atoms with van der Waals surface area (Å²) in [7, 11) is 3.87. The lowest BCUT2D eigenvalue weighted by Gasteiger charge is -2.21. The van der Waals surface area contributed by atoms with Crippen molar-refractivity contribution in [2.75, 3.05) is 14.1 Å². The van der Waals surface area contributed by atoms with Crippen LogP contribution in [0.4, 0.5) is 0 Å². The Labute approximate surface area is 99.7 Å². The minimum absolute atomic E-state index is 0.00400. The molecule has 0 amide bonds. The van der Waals surface area contributed by atoms with E-state index in [1.807, 2.05) is 48.3 Å². The predicted molar refractivity (Wildman–Crippen MR) is 66.3 cm³/mol. The zero-order chi connectivity index (χ0) is 11.0. The summed E-state index contributed by atoms with van der Waals surface area (Å²) in [5.41, 5.74) is 1.04. The van der Waals surface area contributed by atoms with E-state index in [-0.39, 0.29) is 5.50 Å². The molecule has 1 atom stereocenters. The fraction of sp³-hybridized carbons (Fsp3) is 0.300. The third kappa shape index (κ3) is 1.92. The number of hydrazone groups is 1. The molecule has 2 rings (SSSR count). The van der Waals surface area contributed by atoms with Crippen molar-refractivity contribution in [2.24, 2.45) is 5.10 Å². The molecule has 80 valence electrons. The average Bonchev–Trinajstić information content (AvgIpc) is 2.47. The third-order valence-electron chi connectivity index (χ3n) is 2.37. The highest BCUT2D eigenvalue weighted by atomic mass is 35.5. The maximum atomic E-state index is 5.83. The van der Waals surface area contributed by atoms with Gasteiger partial charge in [-0.05, 0) is 24.3 Å². The van der Waals surface area contributed by atoms with Crippen LogP contribution in [0.2, 0.25) is 5.02 Å². The van der Waals surface area contributed by atoms with Gasteiger partial charge in [0.15, 0.2) is 11.3 Å². The topological polar surface area (TPSA) is 18.8 Å². The van der Waals surface area contributed by atoms with E-state index in [2.05, 4.69) is 17.7 Å². The van der Waals surface area contributed by atoms with Crippen LogP contribution in [0.15, 0.2) is 29.4 Å². The molecule has 1 aromatic rings. The van der Waals surface area contributed by atoms with Crippen LogP contribution in [0.1, 0.15) is 5.56 Å². The molecule has 1 aliphatic rings. The lowest BCUT2D eigenvalue weighted by atomic mass is 10.2. The smallest absolute Gasteiger partial charge is 0.164 e. The number of benzene rings is 1. The number of amidine groups is 1. The van der Waals surface area contributed by atoms with E-state index in [1.54, 1.807) is 0 Å². The second-order valence-electron chi connectivity index (χ2n) is 3.46. The summed E-state index contributed by atoms with van der Waals surface area (Å²) in [5, 5.41) is 6.95. The third-order valence-corrected chi connectivity index (χ3v) is 3.30. The van der Waals surface area contributed by atoms with Gasteiger partial charge in [0, 0.05) is 24.7 Å². The Balaban J connectivity index is 2.32. The highest BCUT2D eigenvalue weighted by molar-refractivity contribution is 7.80. The Kier molecular flexibility index (Phi) is 2.80. The van der Waals surface area contributed by atoms with E-state index in [0.717, 1.165) is 16.4 Å². The second-order valence-corrected chi connectivity index (χ2v) is 4.36. The number of nitrogens with zero attached hydrogens (tertiary/aromatic N) is 3. The molecule has 0 fully saturated rings. The minimum Gasteiger partial charge on any atom is -0.328 e. The normalized spacial score (nSPS) is 20.8. The van der Waals surface area contributed by atoms with E-state index >= 15 is 0 Å². The van der Waals surface area contributed by atoms with E-state index in [4.69, 9.17) is 11.6 Å². The highest BCUT2D eigenvalue weighted by Crippen LogP contribution is 2.20. The van der Waals surface area contributed by atoms with Gasteiger partial charge < -0.3 is 4.90 Å². The molecule has 0 aromatic heterocycles. The molecule has 1 heterocycles. The number of rotatable bonds is 1. The summed E-state index contributed by atoms with van der Waals surface area (Å²) in [5.74, 6) is 0.911. The number of hydrogen-bond donors (Lipinski definition) is 1. The van der Waals surface area contributed by atoms with Crippen LogP contribution in [0.25, 0.3) is 0 Å². The summed E-state index contributed by atoms with van der Waals surface area (Å²) in [6.07, 6.45) is 0. The molecule has 1 aliphatic heterocycles. The summed E-state index contributed by atoms with van der Waals surface area (Å²) < 4.78 is 0. The average molecular weight is 242 g/mol. The molecule has 15 heavy (non-hydrogen) atoms. The summed E-state index contributed by atoms with van der Waals surface area (Å²) in [6, 6.07) is 7.63. The zero-order valence-electron chi connectivity index (χ0n) is 8.55.